The van der Waals surface area contributed by atoms with Gasteiger partial charge in [-0.2, -0.15) is 5.06 Å². The van der Waals surface area contributed by atoms with Crippen LogP contribution in [-0.2, 0) is 15.2 Å². The van der Waals surface area contributed by atoms with Gasteiger partial charge in [-0.15, -0.1) is 0 Å². The summed E-state index contributed by atoms with van der Waals surface area (Å²) in [6.07, 6.45) is 5.52. The molecule has 4 rings (SSSR count). The number of nitrogens with two attached hydrogens (primary N) is 1. The third-order valence-corrected chi connectivity index (χ3v) is 5.53. The van der Waals surface area contributed by atoms with Crippen molar-refractivity contribution in [2.45, 2.75) is 40.2 Å². The molecule has 0 bridgehead atoms. The lowest BCUT2D eigenvalue weighted by atomic mass is 9.76. The summed E-state index contributed by atoms with van der Waals surface area (Å²) in [6.45, 7) is 10.2. The lowest BCUT2D eigenvalue weighted by Gasteiger charge is -2.36. The summed E-state index contributed by atoms with van der Waals surface area (Å²) in [6, 6.07) is 12.1. The van der Waals surface area contributed by atoms with Crippen LogP contribution in [0.2, 0.25) is 0 Å². The molecular weight excluding hydrogens is 416 g/mol. The van der Waals surface area contributed by atoms with Crippen LogP contribution in [0.15, 0.2) is 71.8 Å². The van der Waals surface area contributed by atoms with E-state index in [1.807, 2.05) is 62.4 Å². The number of aryl methyl sites for hydroxylation is 2. The predicted octanol–water partition coefficient (Wildman–Crippen LogP) is 3.94. The molecule has 1 atom stereocenters. The number of aromatic nitrogens is 1. The highest BCUT2D eigenvalue weighted by atomic mass is 16.7. The van der Waals surface area contributed by atoms with Crippen molar-refractivity contribution in [2.24, 2.45) is 11.7 Å². The smallest absolute Gasteiger partial charge is 0.329 e. The Hall–Kier alpha value is -3.74. The normalized spacial score (nSPS) is 19.3. The summed E-state index contributed by atoms with van der Waals surface area (Å²) in [5.41, 5.74) is 10.9. The molecule has 2 aliphatic heterocycles. The first kappa shape index (κ1) is 22.5. The van der Waals surface area contributed by atoms with Crippen LogP contribution in [0.3, 0.4) is 0 Å². The van der Waals surface area contributed by atoms with E-state index in [4.69, 9.17) is 15.3 Å². The van der Waals surface area contributed by atoms with Crippen molar-refractivity contribution in [1.82, 2.24) is 15.4 Å². The number of nitrogens with one attached hydrogen (secondary N) is 1. The quantitative estimate of drug-likeness (QED) is 0.695. The second-order valence-corrected chi connectivity index (χ2v) is 8.84. The van der Waals surface area contributed by atoms with Crippen LogP contribution in [-0.4, -0.2) is 22.6 Å². The van der Waals surface area contributed by atoms with Gasteiger partial charge in [0.15, 0.2) is 0 Å². The highest BCUT2D eigenvalue weighted by Gasteiger charge is 2.48. The average Bonchev–Trinajstić information content (AvgIpc) is 3.06. The summed E-state index contributed by atoms with van der Waals surface area (Å²) in [5, 5.41) is 4.94. The van der Waals surface area contributed by atoms with Gasteiger partial charge in [0, 0.05) is 30.1 Å². The molecule has 7 nitrogen and oxygen atoms in total. The van der Waals surface area contributed by atoms with E-state index >= 15 is 0 Å². The summed E-state index contributed by atoms with van der Waals surface area (Å²) < 4.78 is 6.03. The number of ether oxygens (including phenoxy) is 1. The van der Waals surface area contributed by atoms with Gasteiger partial charge in [-0.3, -0.25) is 4.98 Å². The van der Waals surface area contributed by atoms with E-state index in [1.54, 1.807) is 6.20 Å². The van der Waals surface area contributed by atoms with E-state index in [9.17, 15) is 4.79 Å². The minimum Gasteiger partial charge on any atom is -0.493 e. The Morgan fingerprint density at radius 1 is 1.18 bits per heavy atom. The Kier molecular flexibility index (Phi) is 5.89. The molecule has 2 aliphatic rings. The Bertz CT molecular complexity index is 1160. The molecule has 1 aromatic carbocycles. The number of hydroxylamine groups is 2. The van der Waals surface area contributed by atoms with E-state index in [2.05, 4.69) is 24.1 Å². The van der Waals surface area contributed by atoms with E-state index in [1.165, 1.54) is 12.0 Å². The van der Waals surface area contributed by atoms with Gasteiger partial charge < -0.3 is 20.6 Å². The Morgan fingerprint density at radius 3 is 2.58 bits per heavy atom. The van der Waals surface area contributed by atoms with E-state index in [-0.39, 0.29) is 0 Å². The number of pyridine rings is 1. The number of benzene rings is 1. The van der Waals surface area contributed by atoms with Crippen molar-refractivity contribution in [3.05, 3.63) is 94.4 Å². The summed E-state index contributed by atoms with van der Waals surface area (Å²) >= 11 is 0. The van der Waals surface area contributed by atoms with Gasteiger partial charge in [-0.25, -0.2) is 4.79 Å². The third kappa shape index (κ3) is 4.18. The van der Waals surface area contributed by atoms with Crippen molar-refractivity contribution >= 4 is 5.97 Å². The molecule has 1 aromatic heterocycles. The number of nitrogens with zero attached hydrogens (tertiary/aromatic N) is 2. The zero-order chi connectivity index (χ0) is 23.8. The molecule has 0 saturated carbocycles. The Morgan fingerprint density at radius 2 is 1.91 bits per heavy atom. The van der Waals surface area contributed by atoms with Gasteiger partial charge in [-0.1, -0.05) is 32.1 Å². The van der Waals surface area contributed by atoms with Gasteiger partial charge >= 0.3 is 5.97 Å². The maximum Gasteiger partial charge on any atom is 0.329 e. The first-order valence-electron chi connectivity index (χ1n) is 11.0. The number of hydrogen-bond acceptors (Lipinski definition) is 7. The molecule has 33 heavy (non-hydrogen) atoms. The minimum absolute atomic E-state index is 0.408. The van der Waals surface area contributed by atoms with Crippen molar-refractivity contribution in [2.75, 3.05) is 6.61 Å². The molecule has 0 amide bonds. The van der Waals surface area contributed by atoms with Gasteiger partial charge in [0.25, 0.3) is 0 Å². The molecule has 3 N–H and O–H groups in total. The lowest BCUT2D eigenvalue weighted by molar-refractivity contribution is -0.168. The van der Waals surface area contributed by atoms with Crippen LogP contribution in [0.5, 0.6) is 5.75 Å². The highest BCUT2D eigenvalue weighted by molar-refractivity contribution is 5.67. The second-order valence-electron chi connectivity index (χ2n) is 8.84. The highest BCUT2D eigenvalue weighted by Crippen LogP contribution is 2.48. The van der Waals surface area contributed by atoms with Crippen molar-refractivity contribution in [1.29, 1.82) is 0 Å². The van der Waals surface area contributed by atoms with Gasteiger partial charge in [0.1, 0.15) is 22.8 Å². The average molecular weight is 447 g/mol. The van der Waals surface area contributed by atoms with Crippen LogP contribution in [0, 0.1) is 19.8 Å². The Labute approximate surface area is 194 Å². The fourth-order valence-electron chi connectivity index (χ4n) is 4.35. The fraction of sp³-hybridized carbons (Fsp3) is 0.308. The second kappa shape index (κ2) is 8.65. The predicted molar refractivity (Wildman–Crippen MR) is 126 cm³/mol. The van der Waals surface area contributed by atoms with Gasteiger partial charge in [0.2, 0.25) is 0 Å². The SMILES string of the molecule is CC(=O)ON1C=CC=C2C1=C(N)NC2(c1cccc(OCC(C)C)c1)c1cc(C)nc(C)c1. The first-order valence-corrected chi connectivity index (χ1v) is 11.0. The van der Waals surface area contributed by atoms with Crippen LogP contribution >= 0.6 is 0 Å². The maximum atomic E-state index is 11.7. The number of allylic oxidation sites excluding steroid dienone is 2. The van der Waals surface area contributed by atoms with Crippen molar-refractivity contribution < 1.29 is 14.4 Å². The number of fused-ring (bicyclic) bond motifs is 1. The molecule has 3 heterocycles. The monoisotopic (exact) mass is 446 g/mol. The number of carbonyl (C=O) groups is 1. The minimum atomic E-state index is -0.821. The molecule has 0 saturated heterocycles. The molecular formula is C26H30N4O3. The largest absolute Gasteiger partial charge is 0.493 e. The summed E-state index contributed by atoms with van der Waals surface area (Å²) in [5.74, 6) is 1.16. The van der Waals surface area contributed by atoms with E-state index < -0.39 is 11.5 Å². The lowest BCUT2D eigenvalue weighted by Crippen LogP contribution is -2.42. The fourth-order valence-corrected chi connectivity index (χ4v) is 4.35. The van der Waals surface area contributed by atoms with Gasteiger partial charge in [0.05, 0.1) is 6.61 Å². The van der Waals surface area contributed by atoms with Crippen LogP contribution in [0.1, 0.15) is 43.3 Å². The van der Waals surface area contributed by atoms with Crippen LogP contribution < -0.4 is 15.8 Å². The molecule has 0 spiro atoms. The number of rotatable bonds is 6. The van der Waals surface area contributed by atoms with Crippen LogP contribution in [0.25, 0.3) is 0 Å². The number of hydrogen-bond donors (Lipinski definition) is 2. The number of carbonyl (C=O) groups excluding carboxylic acids is 1. The zero-order valence-electron chi connectivity index (χ0n) is 19.7. The summed E-state index contributed by atoms with van der Waals surface area (Å²) in [7, 11) is 0. The molecule has 0 radical (unpaired) electrons. The molecule has 0 fully saturated rings. The standard InChI is InChI=1S/C26H30N4O3/c1-16(2)15-32-22-9-6-8-20(14-22)26(21-12-17(3)28-18(4)13-21)23-10-7-11-30(33-19(5)31)24(23)25(27)29-26/h6-14,16,29H,15,27H2,1-5H3. The summed E-state index contributed by atoms with van der Waals surface area (Å²) in [4.78, 5) is 21.7. The molecule has 2 aromatic rings. The molecule has 0 aliphatic carbocycles. The first-order chi connectivity index (χ1) is 15.7. The van der Waals surface area contributed by atoms with Crippen LogP contribution in [0.4, 0.5) is 0 Å². The molecule has 1 unspecified atom stereocenters. The Balaban J connectivity index is 1.90. The topological polar surface area (TPSA) is 89.7 Å². The molecule has 172 valence electrons. The van der Waals surface area contributed by atoms with E-state index in [0.717, 1.165) is 33.8 Å². The van der Waals surface area contributed by atoms with Crippen molar-refractivity contribution in [3.8, 4) is 5.75 Å². The third-order valence-electron chi connectivity index (χ3n) is 5.53. The van der Waals surface area contributed by atoms with Crippen molar-refractivity contribution in [3.63, 3.8) is 0 Å². The molecule has 7 heteroatoms. The van der Waals surface area contributed by atoms with E-state index in [0.29, 0.717) is 24.0 Å². The maximum absolute atomic E-state index is 11.7. The van der Waals surface area contributed by atoms with Gasteiger partial charge in [-0.05, 0) is 61.2 Å². The zero-order valence-corrected chi connectivity index (χ0v) is 19.7.